The van der Waals surface area contributed by atoms with Gasteiger partial charge in [0.15, 0.2) is 0 Å². The van der Waals surface area contributed by atoms with Crippen molar-refractivity contribution in [2.45, 2.75) is 33.9 Å². The van der Waals surface area contributed by atoms with Gasteiger partial charge in [0.05, 0.1) is 12.2 Å². The zero-order valence-corrected chi connectivity index (χ0v) is 12.7. The Balaban J connectivity index is 2.28. The van der Waals surface area contributed by atoms with Crippen LogP contribution in [-0.2, 0) is 13.1 Å². The van der Waals surface area contributed by atoms with Crippen molar-refractivity contribution in [1.82, 2.24) is 25.2 Å². The van der Waals surface area contributed by atoms with Crippen LogP contribution in [0.5, 0.6) is 0 Å². The van der Waals surface area contributed by atoms with Gasteiger partial charge in [-0.15, -0.1) is 5.10 Å². The number of hydrogen-bond acceptors (Lipinski definition) is 4. The molecule has 1 aromatic rings. The van der Waals surface area contributed by atoms with Gasteiger partial charge in [0.25, 0.3) is 0 Å². The third kappa shape index (κ3) is 7.08. The van der Waals surface area contributed by atoms with Crippen LogP contribution in [0.4, 0.5) is 0 Å². The van der Waals surface area contributed by atoms with Gasteiger partial charge in [-0.3, -0.25) is 4.68 Å². The standard InChI is InChI=1S/C14H27N5/c1-12(2)8-15-9-14-11-19(17-16-14)7-6-18(5)10-13(3)4/h11-12,15H,3,6-10H2,1-2,4-5H3. The van der Waals surface area contributed by atoms with E-state index in [4.69, 9.17) is 0 Å². The molecule has 0 saturated carbocycles. The number of nitrogens with zero attached hydrogens (tertiary/aromatic N) is 4. The highest BCUT2D eigenvalue weighted by molar-refractivity contribution is 4.92. The molecule has 0 atom stereocenters. The van der Waals surface area contributed by atoms with E-state index >= 15 is 0 Å². The second-order valence-electron chi connectivity index (χ2n) is 5.69. The van der Waals surface area contributed by atoms with Crippen molar-refractivity contribution in [3.63, 3.8) is 0 Å². The van der Waals surface area contributed by atoms with Gasteiger partial charge < -0.3 is 10.2 Å². The highest BCUT2D eigenvalue weighted by Crippen LogP contribution is 1.97. The molecule has 0 fully saturated rings. The Bertz CT molecular complexity index is 383. The molecule has 1 N–H and O–H groups in total. The lowest BCUT2D eigenvalue weighted by Gasteiger charge is -2.15. The van der Waals surface area contributed by atoms with E-state index in [0.29, 0.717) is 5.92 Å². The third-order valence-electron chi connectivity index (χ3n) is 2.70. The molecular formula is C14H27N5. The summed E-state index contributed by atoms with van der Waals surface area (Å²) in [6.07, 6.45) is 2.02. The predicted molar refractivity (Wildman–Crippen MR) is 78.9 cm³/mol. The van der Waals surface area contributed by atoms with Crippen molar-refractivity contribution >= 4 is 0 Å². The van der Waals surface area contributed by atoms with Crippen LogP contribution in [0.25, 0.3) is 0 Å². The Morgan fingerprint density at radius 1 is 1.53 bits per heavy atom. The van der Waals surface area contributed by atoms with Crippen LogP contribution in [0.1, 0.15) is 26.5 Å². The van der Waals surface area contributed by atoms with E-state index in [1.807, 2.05) is 17.8 Å². The van der Waals surface area contributed by atoms with Gasteiger partial charge in [-0.25, -0.2) is 0 Å². The van der Waals surface area contributed by atoms with Gasteiger partial charge >= 0.3 is 0 Å². The molecule has 1 aromatic heterocycles. The Kier molecular flexibility index (Phi) is 6.73. The Morgan fingerprint density at radius 2 is 2.26 bits per heavy atom. The van der Waals surface area contributed by atoms with Gasteiger partial charge in [0.1, 0.15) is 0 Å². The number of aromatic nitrogens is 3. The van der Waals surface area contributed by atoms with Gasteiger partial charge in [-0.05, 0) is 26.4 Å². The van der Waals surface area contributed by atoms with Gasteiger partial charge in [0, 0.05) is 25.8 Å². The summed E-state index contributed by atoms with van der Waals surface area (Å²) < 4.78 is 1.90. The van der Waals surface area contributed by atoms with Crippen molar-refractivity contribution in [1.29, 1.82) is 0 Å². The summed E-state index contributed by atoms with van der Waals surface area (Å²) >= 11 is 0. The summed E-state index contributed by atoms with van der Waals surface area (Å²) in [5, 5.41) is 11.7. The van der Waals surface area contributed by atoms with Gasteiger partial charge in [-0.2, -0.15) is 0 Å². The lowest BCUT2D eigenvalue weighted by atomic mass is 10.2. The summed E-state index contributed by atoms with van der Waals surface area (Å²) in [5.41, 5.74) is 2.18. The molecule has 0 aliphatic heterocycles. The van der Waals surface area contributed by atoms with Crippen molar-refractivity contribution in [3.05, 3.63) is 24.0 Å². The van der Waals surface area contributed by atoms with Crippen molar-refractivity contribution in [2.75, 3.05) is 26.7 Å². The molecule has 0 spiro atoms. The molecule has 0 aliphatic carbocycles. The first-order valence-electron chi connectivity index (χ1n) is 6.90. The van der Waals surface area contributed by atoms with E-state index in [-0.39, 0.29) is 0 Å². The van der Waals surface area contributed by atoms with E-state index in [1.165, 1.54) is 5.57 Å². The highest BCUT2D eigenvalue weighted by atomic mass is 15.4. The maximum absolute atomic E-state index is 4.17. The second-order valence-corrected chi connectivity index (χ2v) is 5.69. The average molecular weight is 265 g/mol. The lowest BCUT2D eigenvalue weighted by molar-refractivity contribution is 0.334. The molecule has 1 heterocycles. The summed E-state index contributed by atoms with van der Waals surface area (Å²) in [5.74, 6) is 0.658. The molecule has 0 aromatic carbocycles. The number of nitrogens with one attached hydrogen (secondary N) is 1. The molecule has 1 rings (SSSR count). The molecular weight excluding hydrogens is 238 g/mol. The van der Waals surface area contributed by atoms with Crippen LogP contribution in [0.3, 0.4) is 0 Å². The Hall–Kier alpha value is -1.20. The predicted octanol–water partition coefficient (Wildman–Crippen LogP) is 1.53. The minimum absolute atomic E-state index is 0.658. The highest BCUT2D eigenvalue weighted by Gasteiger charge is 2.03. The topological polar surface area (TPSA) is 46.0 Å². The summed E-state index contributed by atoms with van der Waals surface area (Å²) in [4.78, 5) is 2.24. The number of hydrogen-bond donors (Lipinski definition) is 1. The van der Waals surface area contributed by atoms with E-state index < -0.39 is 0 Å². The first-order chi connectivity index (χ1) is 8.97. The summed E-state index contributed by atoms with van der Waals surface area (Å²) in [7, 11) is 2.09. The SMILES string of the molecule is C=C(C)CN(C)CCn1cc(CNCC(C)C)nn1. The van der Waals surface area contributed by atoms with Crippen LogP contribution >= 0.6 is 0 Å². The van der Waals surface area contributed by atoms with Crippen LogP contribution < -0.4 is 5.32 Å². The molecule has 0 unspecified atom stereocenters. The zero-order chi connectivity index (χ0) is 14.3. The molecule has 0 amide bonds. The quantitative estimate of drug-likeness (QED) is 0.688. The zero-order valence-electron chi connectivity index (χ0n) is 12.7. The summed E-state index contributed by atoms with van der Waals surface area (Å²) in [6.45, 7) is 14.9. The van der Waals surface area contributed by atoms with Crippen LogP contribution in [0.15, 0.2) is 18.3 Å². The van der Waals surface area contributed by atoms with E-state index in [1.54, 1.807) is 0 Å². The molecule has 108 valence electrons. The monoisotopic (exact) mass is 265 g/mol. The lowest BCUT2D eigenvalue weighted by Crippen LogP contribution is -2.25. The maximum Gasteiger partial charge on any atom is 0.0964 e. The molecule has 0 aliphatic rings. The molecule has 0 bridgehead atoms. The minimum atomic E-state index is 0.658. The van der Waals surface area contributed by atoms with Crippen molar-refractivity contribution in [3.8, 4) is 0 Å². The van der Waals surface area contributed by atoms with E-state index in [2.05, 4.69) is 48.0 Å². The molecule has 5 heteroatoms. The fourth-order valence-corrected chi connectivity index (χ4v) is 1.83. The fraction of sp³-hybridized carbons (Fsp3) is 0.714. The van der Waals surface area contributed by atoms with Crippen molar-refractivity contribution < 1.29 is 0 Å². The second kappa shape index (κ2) is 8.07. The molecule has 0 saturated heterocycles. The molecule has 5 nitrogen and oxygen atoms in total. The number of rotatable bonds is 9. The molecule has 0 radical (unpaired) electrons. The third-order valence-corrected chi connectivity index (χ3v) is 2.70. The van der Waals surface area contributed by atoms with E-state index in [0.717, 1.165) is 38.4 Å². The van der Waals surface area contributed by atoms with Crippen LogP contribution in [0, 0.1) is 5.92 Å². The molecule has 19 heavy (non-hydrogen) atoms. The number of likely N-dealkylation sites (N-methyl/N-ethyl adjacent to an activating group) is 1. The Labute approximate surface area is 116 Å². The van der Waals surface area contributed by atoms with Gasteiger partial charge in [-0.1, -0.05) is 31.2 Å². The average Bonchev–Trinajstić information content (AvgIpc) is 2.73. The summed E-state index contributed by atoms with van der Waals surface area (Å²) in [6, 6.07) is 0. The first-order valence-corrected chi connectivity index (χ1v) is 6.90. The largest absolute Gasteiger partial charge is 0.311 e. The first kappa shape index (κ1) is 15.9. The minimum Gasteiger partial charge on any atom is -0.311 e. The van der Waals surface area contributed by atoms with Crippen molar-refractivity contribution in [2.24, 2.45) is 5.92 Å². The fourth-order valence-electron chi connectivity index (χ4n) is 1.83. The smallest absolute Gasteiger partial charge is 0.0964 e. The maximum atomic E-state index is 4.17. The Morgan fingerprint density at radius 3 is 2.89 bits per heavy atom. The van der Waals surface area contributed by atoms with Crippen LogP contribution in [0.2, 0.25) is 0 Å². The normalized spacial score (nSPS) is 11.5. The van der Waals surface area contributed by atoms with Gasteiger partial charge in [0.2, 0.25) is 0 Å². The van der Waals surface area contributed by atoms with Crippen LogP contribution in [-0.4, -0.2) is 46.6 Å². The van der Waals surface area contributed by atoms with E-state index in [9.17, 15) is 0 Å².